The first kappa shape index (κ1) is 24.2. The Kier molecular flexibility index (Phi) is 6.92. The lowest BCUT2D eigenvalue weighted by Crippen LogP contribution is -2.33. The van der Waals surface area contributed by atoms with Crippen LogP contribution >= 0.6 is 0 Å². The van der Waals surface area contributed by atoms with E-state index in [1.165, 1.54) is 0 Å². The number of carbonyl (C=O) groups is 1. The Labute approximate surface area is 201 Å². The number of nitrogens with one attached hydrogen (secondary N) is 2. The molecule has 0 saturated heterocycles. The molecule has 180 valence electrons. The average Bonchev–Trinajstić information content (AvgIpc) is 3.22. The maximum atomic E-state index is 13.3. The lowest BCUT2D eigenvalue weighted by atomic mass is 10.0. The van der Waals surface area contributed by atoms with Crippen LogP contribution in [-0.4, -0.2) is 53.9 Å². The maximum Gasteiger partial charge on any atom is 0.253 e. The Bertz CT molecular complexity index is 1320. The van der Waals surface area contributed by atoms with E-state index in [0.717, 1.165) is 16.8 Å². The van der Waals surface area contributed by atoms with Gasteiger partial charge in [-0.1, -0.05) is 6.08 Å². The number of H-pyrrole nitrogens is 1. The van der Waals surface area contributed by atoms with E-state index in [0.29, 0.717) is 47.4 Å². The summed E-state index contributed by atoms with van der Waals surface area (Å²) in [4.78, 5) is 33.3. The molecule has 34 heavy (non-hydrogen) atoms. The van der Waals surface area contributed by atoms with Gasteiger partial charge in [0, 0.05) is 41.8 Å². The molecule has 3 aromatic heterocycles. The molecule has 9 nitrogen and oxygen atoms in total. The molecule has 0 saturated carbocycles. The summed E-state index contributed by atoms with van der Waals surface area (Å²) in [5, 5.41) is 8.04. The Morgan fingerprint density at radius 1 is 1.32 bits per heavy atom. The fourth-order valence-electron chi connectivity index (χ4n) is 4.23. The fourth-order valence-corrected chi connectivity index (χ4v) is 4.86. The summed E-state index contributed by atoms with van der Waals surface area (Å²) in [5.41, 5.74) is 4.79. The molecule has 1 unspecified atom stereocenters. The molecule has 0 spiro atoms. The minimum atomic E-state index is -1.03. The predicted octanol–water partition coefficient (Wildman–Crippen LogP) is 2.63. The van der Waals surface area contributed by atoms with Gasteiger partial charge in [0.25, 0.3) is 11.5 Å². The van der Waals surface area contributed by atoms with Crippen molar-refractivity contribution in [2.45, 2.75) is 46.7 Å². The number of rotatable bonds is 6. The van der Waals surface area contributed by atoms with Gasteiger partial charge in [-0.25, -0.2) is 9.67 Å². The molecule has 3 aromatic rings. The van der Waals surface area contributed by atoms with E-state index in [1.807, 2.05) is 44.1 Å². The van der Waals surface area contributed by atoms with Crippen molar-refractivity contribution in [2.75, 3.05) is 19.3 Å². The molecule has 0 aliphatic carbocycles. The van der Waals surface area contributed by atoms with Gasteiger partial charge in [0.15, 0.2) is 5.65 Å². The highest BCUT2D eigenvalue weighted by Gasteiger charge is 2.23. The number of aromatic nitrogens is 4. The van der Waals surface area contributed by atoms with Crippen molar-refractivity contribution >= 4 is 33.9 Å². The lowest BCUT2D eigenvalue weighted by Gasteiger charge is -2.25. The molecule has 10 heteroatoms. The van der Waals surface area contributed by atoms with Crippen molar-refractivity contribution in [1.82, 2.24) is 29.4 Å². The largest absolute Gasteiger partial charge is 0.598 e. The molecule has 0 bridgehead atoms. The van der Waals surface area contributed by atoms with E-state index in [2.05, 4.69) is 15.4 Å². The number of aromatic amines is 1. The van der Waals surface area contributed by atoms with Crippen LogP contribution in [0.2, 0.25) is 0 Å². The third-order valence-corrected chi connectivity index (χ3v) is 7.14. The van der Waals surface area contributed by atoms with E-state index in [-0.39, 0.29) is 24.1 Å². The second kappa shape index (κ2) is 9.73. The van der Waals surface area contributed by atoms with Gasteiger partial charge in [-0.3, -0.25) is 9.59 Å². The van der Waals surface area contributed by atoms with Crippen molar-refractivity contribution in [2.24, 2.45) is 0 Å². The normalized spacial score (nSPS) is 15.6. The van der Waals surface area contributed by atoms with Gasteiger partial charge in [0.2, 0.25) is 0 Å². The lowest BCUT2D eigenvalue weighted by molar-refractivity contribution is 0.0952. The van der Waals surface area contributed by atoms with Crippen LogP contribution in [0, 0.1) is 13.8 Å². The third kappa shape index (κ3) is 4.79. The van der Waals surface area contributed by atoms with Crippen LogP contribution in [0.5, 0.6) is 0 Å². The van der Waals surface area contributed by atoms with E-state index in [1.54, 1.807) is 23.2 Å². The molecule has 0 fully saturated rings. The number of carbonyl (C=O) groups excluding carboxylic acids is 1. The smallest absolute Gasteiger partial charge is 0.253 e. The van der Waals surface area contributed by atoms with Crippen LogP contribution in [0.4, 0.5) is 0 Å². The molecule has 0 radical (unpaired) electrons. The highest BCUT2D eigenvalue weighted by atomic mass is 32.2. The van der Waals surface area contributed by atoms with Crippen molar-refractivity contribution in [3.8, 4) is 0 Å². The number of fused-ring (bicyclic) bond motifs is 1. The van der Waals surface area contributed by atoms with E-state index in [9.17, 15) is 14.1 Å². The van der Waals surface area contributed by atoms with Crippen LogP contribution < -0.4 is 10.9 Å². The molecular weight excluding hydrogens is 452 g/mol. The molecular formula is C24H30N6O3S. The van der Waals surface area contributed by atoms with Gasteiger partial charge in [-0.2, -0.15) is 5.10 Å². The van der Waals surface area contributed by atoms with Crippen molar-refractivity contribution < 1.29 is 9.35 Å². The number of pyridine rings is 2. The van der Waals surface area contributed by atoms with Crippen molar-refractivity contribution in [3.05, 3.63) is 62.8 Å². The van der Waals surface area contributed by atoms with Gasteiger partial charge in [-0.05, 0) is 57.4 Å². The molecule has 1 atom stereocenters. The van der Waals surface area contributed by atoms with E-state index in [4.69, 9.17) is 4.98 Å². The standard InChI is InChI=1S/C24H30N6O3S/c1-14(2)30-22-20(13-26-30)18(11-21(28-22)17-6-8-29(9-7-17)34(5)33)23(31)25-12-19-15(3)10-16(4)27-24(19)32/h6,10-11,13-14H,7-9,12H2,1-5H3,(H,25,31)(H,27,32). The number of hydrogen-bond donors (Lipinski definition) is 2. The van der Waals surface area contributed by atoms with E-state index < -0.39 is 11.4 Å². The van der Waals surface area contributed by atoms with Crippen molar-refractivity contribution in [3.63, 3.8) is 0 Å². The molecule has 4 heterocycles. The van der Waals surface area contributed by atoms with Crippen LogP contribution in [-0.2, 0) is 17.9 Å². The summed E-state index contributed by atoms with van der Waals surface area (Å²) < 4.78 is 15.5. The minimum Gasteiger partial charge on any atom is -0.598 e. The summed E-state index contributed by atoms with van der Waals surface area (Å²) in [6, 6.07) is 3.75. The summed E-state index contributed by atoms with van der Waals surface area (Å²) in [6.07, 6.45) is 6.05. The Morgan fingerprint density at radius 3 is 2.71 bits per heavy atom. The summed E-state index contributed by atoms with van der Waals surface area (Å²) >= 11 is -1.03. The Hall–Kier alpha value is -2.95. The van der Waals surface area contributed by atoms with Gasteiger partial charge < -0.3 is 14.9 Å². The van der Waals surface area contributed by atoms with Crippen LogP contribution in [0.25, 0.3) is 16.6 Å². The second-order valence-corrected chi connectivity index (χ2v) is 10.3. The zero-order valence-corrected chi connectivity index (χ0v) is 21.0. The molecule has 1 aliphatic rings. The summed E-state index contributed by atoms with van der Waals surface area (Å²) in [5.74, 6) is -0.288. The predicted molar refractivity (Wildman–Crippen MR) is 134 cm³/mol. The molecule has 4 rings (SSSR count). The Morgan fingerprint density at radius 2 is 2.09 bits per heavy atom. The summed E-state index contributed by atoms with van der Waals surface area (Å²) in [6.45, 7) is 9.07. The monoisotopic (exact) mass is 482 g/mol. The van der Waals surface area contributed by atoms with E-state index >= 15 is 0 Å². The highest BCUT2D eigenvalue weighted by Crippen LogP contribution is 2.28. The number of nitrogens with zero attached hydrogens (tertiary/aromatic N) is 4. The third-order valence-electron chi connectivity index (χ3n) is 6.08. The first-order valence-electron chi connectivity index (χ1n) is 11.3. The van der Waals surface area contributed by atoms with Crippen LogP contribution in [0.1, 0.15) is 59.2 Å². The molecule has 1 amide bonds. The molecule has 1 aliphatic heterocycles. The average molecular weight is 483 g/mol. The van der Waals surface area contributed by atoms with Gasteiger partial charge in [0.1, 0.15) is 6.26 Å². The number of hydrogen-bond acceptors (Lipinski definition) is 6. The SMILES string of the molecule is Cc1cc(C)c(CNC(=O)c2cc(C3=CCN([S+](C)[O-])CC3)nc3c2cnn3C(C)C)c(=O)[nH]1. The quantitative estimate of drug-likeness (QED) is 0.522. The molecule has 0 aromatic carbocycles. The zero-order chi connectivity index (χ0) is 24.6. The summed E-state index contributed by atoms with van der Waals surface area (Å²) in [7, 11) is 0. The minimum absolute atomic E-state index is 0.0725. The van der Waals surface area contributed by atoms with Crippen molar-refractivity contribution in [1.29, 1.82) is 0 Å². The van der Waals surface area contributed by atoms with Gasteiger partial charge >= 0.3 is 0 Å². The topological polar surface area (TPSA) is 119 Å². The second-order valence-electron chi connectivity index (χ2n) is 8.89. The first-order chi connectivity index (χ1) is 16.2. The maximum absolute atomic E-state index is 13.3. The Balaban J connectivity index is 1.70. The fraction of sp³-hybridized carbons (Fsp3) is 0.417. The zero-order valence-electron chi connectivity index (χ0n) is 20.1. The number of aryl methyl sites for hydroxylation is 2. The van der Waals surface area contributed by atoms with Gasteiger partial charge in [0.05, 0.1) is 29.4 Å². The van der Waals surface area contributed by atoms with Crippen LogP contribution in [0.3, 0.4) is 0 Å². The molecule has 2 N–H and O–H groups in total. The van der Waals surface area contributed by atoms with Gasteiger partial charge in [-0.15, -0.1) is 4.31 Å². The number of amides is 1. The van der Waals surface area contributed by atoms with Crippen LogP contribution in [0.15, 0.2) is 29.2 Å². The highest BCUT2D eigenvalue weighted by molar-refractivity contribution is 7.88. The first-order valence-corrected chi connectivity index (χ1v) is 12.8.